The van der Waals surface area contributed by atoms with Crippen LogP contribution < -0.4 is 4.74 Å². The number of nitrogens with one attached hydrogen (secondary N) is 1. The molecule has 34 heavy (non-hydrogen) atoms. The molecule has 0 aliphatic heterocycles. The van der Waals surface area contributed by atoms with Gasteiger partial charge >= 0.3 is 0 Å². The van der Waals surface area contributed by atoms with Crippen molar-refractivity contribution < 1.29 is 9.53 Å². The maximum Gasteiger partial charge on any atom is 0.209 e. The summed E-state index contributed by atoms with van der Waals surface area (Å²) in [6.45, 7) is 0. The van der Waals surface area contributed by atoms with Gasteiger partial charge in [-0.1, -0.05) is 36.0 Å². The molecule has 4 aliphatic rings. The van der Waals surface area contributed by atoms with Crippen LogP contribution in [0.5, 0.6) is 5.75 Å². The Morgan fingerprint density at radius 1 is 1.00 bits per heavy atom. The van der Waals surface area contributed by atoms with Crippen molar-refractivity contribution in [3.8, 4) is 17.1 Å². The van der Waals surface area contributed by atoms with Gasteiger partial charge in [0, 0.05) is 12.0 Å². The van der Waals surface area contributed by atoms with E-state index in [1.165, 1.54) is 55.9 Å². The molecule has 0 atom stereocenters. The van der Waals surface area contributed by atoms with Crippen LogP contribution in [-0.2, 0) is 16.6 Å². The minimum absolute atomic E-state index is 0.198. The lowest BCUT2D eigenvalue weighted by Crippen LogP contribution is -2.48. The molecular weight excluding hydrogens is 442 g/mol. The standard InChI is InChI=1S/C28H31N3O2S/c1-33-25-8-4-22(5-9-25)26-29-27(31-30-26)34-17-24(32)13-18-2-6-23(7-3-18)28-14-19-10-20(15-28)12-21(11-19)16-28/h2-9,19-21H,10-17H2,1H3,(H,29,30,31). The van der Waals surface area contributed by atoms with Crippen LogP contribution in [0.15, 0.2) is 53.7 Å². The van der Waals surface area contributed by atoms with E-state index in [-0.39, 0.29) is 5.78 Å². The van der Waals surface area contributed by atoms with Crippen LogP contribution in [0.4, 0.5) is 0 Å². The number of hydrogen-bond acceptors (Lipinski definition) is 5. The lowest BCUT2D eigenvalue weighted by atomic mass is 9.48. The normalized spacial score (nSPS) is 27.1. The van der Waals surface area contributed by atoms with Crippen molar-refractivity contribution in [3.05, 3.63) is 59.7 Å². The lowest BCUT2D eigenvalue weighted by molar-refractivity contribution is -0.116. The Morgan fingerprint density at radius 2 is 1.65 bits per heavy atom. The molecule has 176 valence electrons. The zero-order chi connectivity index (χ0) is 23.1. The summed E-state index contributed by atoms with van der Waals surface area (Å²) >= 11 is 1.38. The van der Waals surface area contributed by atoms with Gasteiger partial charge in [-0.15, -0.1) is 5.10 Å². The highest BCUT2D eigenvalue weighted by molar-refractivity contribution is 7.99. The van der Waals surface area contributed by atoms with Crippen molar-refractivity contribution in [1.29, 1.82) is 0 Å². The van der Waals surface area contributed by atoms with E-state index >= 15 is 0 Å². The summed E-state index contributed by atoms with van der Waals surface area (Å²) in [5.41, 5.74) is 3.97. The summed E-state index contributed by atoms with van der Waals surface area (Å²) in [7, 11) is 1.65. The molecule has 7 rings (SSSR count). The summed E-state index contributed by atoms with van der Waals surface area (Å²) < 4.78 is 5.20. The first-order valence-corrected chi connectivity index (χ1v) is 13.4. The molecule has 3 aromatic rings. The first-order valence-electron chi connectivity index (χ1n) is 12.4. The molecular formula is C28H31N3O2S. The van der Waals surface area contributed by atoms with Gasteiger partial charge in [-0.05, 0) is 97.1 Å². The quantitative estimate of drug-likeness (QED) is 0.416. The first kappa shape index (κ1) is 21.9. The number of thioether (sulfide) groups is 1. The number of aromatic nitrogens is 3. The fourth-order valence-corrected chi connectivity index (χ4v) is 7.71. The third-order valence-corrected chi connectivity index (χ3v) is 9.10. The van der Waals surface area contributed by atoms with Gasteiger partial charge in [0.1, 0.15) is 11.5 Å². The molecule has 6 heteroatoms. The summed E-state index contributed by atoms with van der Waals surface area (Å²) in [5.74, 6) is 4.91. The number of rotatable bonds is 8. The highest BCUT2D eigenvalue weighted by Crippen LogP contribution is 2.60. The number of nitrogens with zero attached hydrogens (tertiary/aromatic N) is 2. The summed E-state index contributed by atoms with van der Waals surface area (Å²) in [6.07, 6.45) is 9.00. The van der Waals surface area contributed by atoms with E-state index in [1.54, 1.807) is 7.11 Å². The predicted octanol–water partition coefficient (Wildman–Crippen LogP) is 5.85. The third-order valence-electron chi connectivity index (χ3n) is 8.20. The number of carbonyl (C=O) groups is 1. The molecule has 1 aromatic heterocycles. The Kier molecular flexibility index (Phi) is 5.72. The van der Waals surface area contributed by atoms with Gasteiger partial charge in [-0.3, -0.25) is 9.89 Å². The largest absolute Gasteiger partial charge is 0.497 e. The van der Waals surface area contributed by atoms with E-state index in [9.17, 15) is 4.79 Å². The summed E-state index contributed by atoms with van der Waals surface area (Å²) in [6, 6.07) is 16.7. The average molecular weight is 474 g/mol. The Morgan fingerprint density at radius 3 is 2.26 bits per heavy atom. The number of hydrogen-bond donors (Lipinski definition) is 1. The number of carbonyl (C=O) groups excluding carboxylic acids is 1. The maximum atomic E-state index is 12.6. The molecule has 2 aromatic carbocycles. The SMILES string of the molecule is COc1ccc(-c2nc(SCC(=O)Cc3ccc(C45CC6CC(CC(C6)C4)C5)cc3)n[nH]2)cc1. The van der Waals surface area contributed by atoms with Crippen molar-refractivity contribution in [2.24, 2.45) is 17.8 Å². The molecule has 0 saturated heterocycles. The van der Waals surface area contributed by atoms with E-state index in [2.05, 4.69) is 39.4 Å². The Balaban J connectivity index is 1.04. The second kappa shape index (κ2) is 8.88. The molecule has 5 nitrogen and oxygen atoms in total. The molecule has 0 amide bonds. The van der Waals surface area contributed by atoms with Gasteiger partial charge in [0.2, 0.25) is 5.16 Å². The van der Waals surface area contributed by atoms with Crippen LogP contribution in [0, 0.1) is 17.8 Å². The molecule has 0 radical (unpaired) electrons. The Bertz CT molecular complexity index is 1130. The highest BCUT2D eigenvalue weighted by Gasteiger charge is 2.51. The third kappa shape index (κ3) is 4.28. The molecule has 0 unspecified atom stereocenters. The fourth-order valence-electron chi connectivity index (χ4n) is 7.05. The van der Waals surface area contributed by atoms with Gasteiger partial charge in [0.05, 0.1) is 12.9 Å². The van der Waals surface area contributed by atoms with Crippen LogP contribution in [0.1, 0.15) is 49.7 Å². The number of aromatic amines is 1. The minimum Gasteiger partial charge on any atom is -0.497 e. The van der Waals surface area contributed by atoms with Crippen molar-refractivity contribution in [1.82, 2.24) is 15.2 Å². The molecule has 1 heterocycles. The zero-order valence-electron chi connectivity index (χ0n) is 19.6. The number of ketones is 1. The maximum absolute atomic E-state index is 12.6. The van der Waals surface area contributed by atoms with Crippen molar-refractivity contribution in [2.45, 2.75) is 55.5 Å². The van der Waals surface area contributed by atoms with Crippen LogP contribution in [0.25, 0.3) is 11.4 Å². The number of ether oxygens (including phenoxy) is 1. The van der Waals surface area contributed by atoms with E-state index in [0.717, 1.165) is 34.6 Å². The van der Waals surface area contributed by atoms with Gasteiger partial charge in [-0.2, -0.15) is 0 Å². The van der Waals surface area contributed by atoms with Crippen molar-refractivity contribution in [2.75, 3.05) is 12.9 Å². The number of benzene rings is 2. The summed E-state index contributed by atoms with van der Waals surface area (Å²) in [5, 5.41) is 7.81. The molecule has 4 saturated carbocycles. The molecule has 1 N–H and O–H groups in total. The minimum atomic E-state index is 0.198. The predicted molar refractivity (Wildman–Crippen MR) is 134 cm³/mol. The van der Waals surface area contributed by atoms with Crippen molar-refractivity contribution in [3.63, 3.8) is 0 Å². The zero-order valence-corrected chi connectivity index (χ0v) is 20.4. The molecule has 4 aliphatic carbocycles. The number of H-pyrrole nitrogens is 1. The molecule has 4 bridgehead atoms. The average Bonchev–Trinajstić information content (AvgIpc) is 3.32. The highest BCUT2D eigenvalue weighted by atomic mass is 32.2. The van der Waals surface area contributed by atoms with E-state index in [4.69, 9.17) is 4.74 Å². The van der Waals surface area contributed by atoms with Crippen LogP contribution >= 0.6 is 11.8 Å². The van der Waals surface area contributed by atoms with Crippen LogP contribution in [-0.4, -0.2) is 33.8 Å². The fraction of sp³-hybridized carbons (Fsp3) is 0.464. The Labute approximate surface area is 205 Å². The van der Waals surface area contributed by atoms with E-state index in [0.29, 0.717) is 28.6 Å². The Hall–Kier alpha value is -2.60. The monoisotopic (exact) mass is 473 g/mol. The molecule has 0 spiro atoms. The summed E-state index contributed by atoms with van der Waals surface area (Å²) in [4.78, 5) is 17.2. The van der Waals surface area contributed by atoms with Crippen LogP contribution in [0.3, 0.4) is 0 Å². The smallest absolute Gasteiger partial charge is 0.209 e. The molecule has 4 fully saturated rings. The van der Waals surface area contributed by atoms with Gasteiger partial charge < -0.3 is 4.74 Å². The first-order chi connectivity index (χ1) is 16.6. The lowest BCUT2D eigenvalue weighted by Gasteiger charge is -2.57. The van der Waals surface area contributed by atoms with Crippen molar-refractivity contribution >= 4 is 17.5 Å². The number of methoxy groups -OCH3 is 1. The number of Topliss-reactive ketones (excluding diaryl/α,β-unsaturated/α-hetero) is 1. The van der Waals surface area contributed by atoms with E-state index in [1.807, 2.05) is 24.3 Å². The van der Waals surface area contributed by atoms with E-state index < -0.39 is 0 Å². The topological polar surface area (TPSA) is 67.9 Å². The second-order valence-electron chi connectivity index (χ2n) is 10.6. The van der Waals surface area contributed by atoms with Gasteiger partial charge in [0.25, 0.3) is 0 Å². The van der Waals surface area contributed by atoms with Crippen LogP contribution in [0.2, 0.25) is 0 Å². The van der Waals surface area contributed by atoms with Gasteiger partial charge in [-0.25, -0.2) is 4.98 Å². The second-order valence-corrected chi connectivity index (χ2v) is 11.5. The van der Waals surface area contributed by atoms with Gasteiger partial charge in [0.15, 0.2) is 5.82 Å².